The summed E-state index contributed by atoms with van der Waals surface area (Å²) in [6.07, 6.45) is -0.606. The molecule has 4 nitrogen and oxygen atoms in total. The Morgan fingerprint density at radius 2 is 1.95 bits per heavy atom. The summed E-state index contributed by atoms with van der Waals surface area (Å²) >= 11 is 0. The van der Waals surface area contributed by atoms with Crippen molar-refractivity contribution in [1.29, 1.82) is 0 Å². The molecule has 0 aliphatic carbocycles. The predicted molar refractivity (Wildman–Crippen MR) is 76.8 cm³/mol. The molecule has 0 radical (unpaired) electrons. The van der Waals surface area contributed by atoms with Crippen LogP contribution in [0.1, 0.15) is 29.7 Å². The van der Waals surface area contributed by atoms with Gasteiger partial charge in [0.15, 0.2) is 0 Å². The molecule has 0 aliphatic heterocycles. The molecular formula is C15H25NO3. The van der Waals surface area contributed by atoms with Crippen LogP contribution in [0.4, 0.5) is 0 Å². The van der Waals surface area contributed by atoms with E-state index in [0.29, 0.717) is 13.2 Å². The van der Waals surface area contributed by atoms with Gasteiger partial charge in [0.1, 0.15) is 5.75 Å². The number of hydrogen-bond acceptors (Lipinski definition) is 4. The summed E-state index contributed by atoms with van der Waals surface area (Å²) in [7, 11) is 3.30. The highest BCUT2D eigenvalue weighted by atomic mass is 16.5. The standard InChI is InChI=1S/C15H25NO3/c1-10-8-11(2)15(19-5)13(9-10)14(17)12(3)16-6-7-18-4/h8-9,12,14,16-17H,6-7H2,1-5H3. The molecular weight excluding hydrogens is 242 g/mol. The summed E-state index contributed by atoms with van der Waals surface area (Å²) in [4.78, 5) is 0. The second-order valence-electron chi connectivity index (χ2n) is 4.88. The first kappa shape index (κ1) is 16.0. The van der Waals surface area contributed by atoms with Gasteiger partial charge in [0, 0.05) is 25.3 Å². The van der Waals surface area contributed by atoms with E-state index in [4.69, 9.17) is 9.47 Å². The molecule has 19 heavy (non-hydrogen) atoms. The first-order valence-corrected chi connectivity index (χ1v) is 6.56. The van der Waals surface area contributed by atoms with Crippen LogP contribution < -0.4 is 10.1 Å². The van der Waals surface area contributed by atoms with Crippen molar-refractivity contribution in [2.75, 3.05) is 27.4 Å². The Labute approximate surface area is 115 Å². The van der Waals surface area contributed by atoms with Crippen molar-refractivity contribution in [3.8, 4) is 5.75 Å². The van der Waals surface area contributed by atoms with Crippen LogP contribution in [-0.2, 0) is 4.74 Å². The van der Waals surface area contributed by atoms with E-state index in [1.165, 1.54) is 0 Å². The monoisotopic (exact) mass is 267 g/mol. The van der Waals surface area contributed by atoms with E-state index >= 15 is 0 Å². The van der Waals surface area contributed by atoms with Crippen molar-refractivity contribution in [2.24, 2.45) is 0 Å². The summed E-state index contributed by atoms with van der Waals surface area (Å²) in [5.74, 6) is 0.762. The fourth-order valence-corrected chi connectivity index (χ4v) is 2.26. The van der Waals surface area contributed by atoms with Crippen LogP contribution in [0.5, 0.6) is 5.75 Å². The third kappa shape index (κ3) is 4.20. The zero-order valence-corrected chi connectivity index (χ0v) is 12.5. The zero-order valence-electron chi connectivity index (χ0n) is 12.5. The lowest BCUT2D eigenvalue weighted by Crippen LogP contribution is -2.34. The van der Waals surface area contributed by atoms with Gasteiger partial charge in [0.05, 0.1) is 19.8 Å². The van der Waals surface area contributed by atoms with Gasteiger partial charge in [-0.1, -0.05) is 11.6 Å². The predicted octanol–water partition coefficient (Wildman–Crippen LogP) is 1.97. The number of hydrogen-bond donors (Lipinski definition) is 2. The number of benzene rings is 1. The van der Waals surface area contributed by atoms with Gasteiger partial charge < -0.3 is 19.9 Å². The largest absolute Gasteiger partial charge is 0.496 e. The Morgan fingerprint density at radius 3 is 2.53 bits per heavy atom. The van der Waals surface area contributed by atoms with E-state index in [0.717, 1.165) is 22.4 Å². The fraction of sp³-hybridized carbons (Fsp3) is 0.600. The molecule has 0 saturated carbocycles. The molecule has 0 aromatic heterocycles. The molecule has 0 bridgehead atoms. The molecule has 1 aromatic rings. The van der Waals surface area contributed by atoms with Gasteiger partial charge in [-0.05, 0) is 32.4 Å². The molecule has 1 rings (SSSR count). The van der Waals surface area contributed by atoms with E-state index in [2.05, 4.69) is 11.4 Å². The molecule has 4 heteroatoms. The van der Waals surface area contributed by atoms with Crippen molar-refractivity contribution < 1.29 is 14.6 Å². The van der Waals surface area contributed by atoms with E-state index in [1.807, 2.05) is 26.8 Å². The van der Waals surface area contributed by atoms with E-state index < -0.39 is 6.10 Å². The van der Waals surface area contributed by atoms with Crippen LogP contribution in [0.2, 0.25) is 0 Å². The third-order valence-corrected chi connectivity index (χ3v) is 3.22. The molecule has 108 valence electrons. The highest BCUT2D eigenvalue weighted by Crippen LogP contribution is 2.31. The molecule has 2 atom stereocenters. The van der Waals surface area contributed by atoms with Crippen molar-refractivity contribution in [3.63, 3.8) is 0 Å². The molecule has 0 heterocycles. The zero-order chi connectivity index (χ0) is 14.4. The average molecular weight is 267 g/mol. The van der Waals surface area contributed by atoms with Crippen LogP contribution >= 0.6 is 0 Å². The quantitative estimate of drug-likeness (QED) is 0.742. The van der Waals surface area contributed by atoms with E-state index in [-0.39, 0.29) is 6.04 Å². The Hall–Kier alpha value is -1.10. The van der Waals surface area contributed by atoms with Crippen LogP contribution in [-0.4, -0.2) is 38.5 Å². The Kier molecular flexibility index (Phi) is 6.28. The summed E-state index contributed by atoms with van der Waals surface area (Å²) in [5.41, 5.74) is 2.99. The number of aliphatic hydroxyl groups is 1. The average Bonchev–Trinajstić information content (AvgIpc) is 2.37. The molecule has 2 unspecified atom stereocenters. The lowest BCUT2D eigenvalue weighted by Gasteiger charge is -2.23. The highest BCUT2D eigenvalue weighted by molar-refractivity contribution is 5.45. The summed E-state index contributed by atoms with van der Waals surface area (Å²) < 4.78 is 10.4. The molecule has 0 amide bonds. The van der Waals surface area contributed by atoms with Gasteiger partial charge in [-0.3, -0.25) is 0 Å². The van der Waals surface area contributed by atoms with Gasteiger partial charge in [-0.2, -0.15) is 0 Å². The number of rotatable bonds is 7. The molecule has 0 saturated heterocycles. The van der Waals surface area contributed by atoms with Gasteiger partial charge in [-0.25, -0.2) is 0 Å². The molecule has 0 aliphatic rings. The van der Waals surface area contributed by atoms with Crippen LogP contribution in [0.3, 0.4) is 0 Å². The first-order chi connectivity index (χ1) is 9.01. The van der Waals surface area contributed by atoms with Gasteiger partial charge in [0.2, 0.25) is 0 Å². The maximum atomic E-state index is 10.5. The highest BCUT2D eigenvalue weighted by Gasteiger charge is 2.21. The second-order valence-corrected chi connectivity index (χ2v) is 4.88. The smallest absolute Gasteiger partial charge is 0.127 e. The van der Waals surface area contributed by atoms with Gasteiger partial charge in [-0.15, -0.1) is 0 Å². The van der Waals surface area contributed by atoms with Crippen LogP contribution in [0.15, 0.2) is 12.1 Å². The normalized spacial score (nSPS) is 14.2. The Morgan fingerprint density at radius 1 is 1.26 bits per heavy atom. The van der Waals surface area contributed by atoms with Crippen molar-refractivity contribution in [3.05, 3.63) is 28.8 Å². The number of aliphatic hydroxyl groups excluding tert-OH is 1. The molecule has 0 fully saturated rings. The van der Waals surface area contributed by atoms with E-state index in [9.17, 15) is 5.11 Å². The minimum Gasteiger partial charge on any atom is -0.496 e. The lowest BCUT2D eigenvalue weighted by molar-refractivity contribution is 0.124. The third-order valence-electron chi connectivity index (χ3n) is 3.22. The second kappa shape index (κ2) is 7.48. The number of aryl methyl sites for hydroxylation is 2. The molecule has 0 spiro atoms. The fourth-order valence-electron chi connectivity index (χ4n) is 2.26. The lowest BCUT2D eigenvalue weighted by atomic mass is 9.97. The Balaban J connectivity index is 2.88. The van der Waals surface area contributed by atoms with Crippen molar-refractivity contribution in [1.82, 2.24) is 5.32 Å². The van der Waals surface area contributed by atoms with Gasteiger partial charge in [0.25, 0.3) is 0 Å². The summed E-state index contributed by atoms with van der Waals surface area (Å²) in [5, 5.41) is 13.7. The van der Waals surface area contributed by atoms with Gasteiger partial charge >= 0.3 is 0 Å². The van der Waals surface area contributed by atoms with Crippen molar-refractivity contribution >= 4 is 0 Å². The first-order valence-electron chi connectivity index (χ1n) is 6.56. The van der Waals surface area contributed by atoms with Crippen molar-refractivity contribution in [2.45, 2.75) is 32.9 Å². The summed E-state index contributed by atoms with van der Waals surface area (Å²) in [6.45, 7) is 7.30. The summed E-state index contributed by atoms with van der Waals surface area (Å²) in [6, 6.07) is 3.97. The minimum atomic E-state index is -0.606. The number of ether oxygens (including phenoxy) is 2. The molecule has 2 N–H and O–H groups in total. The number of nitrogens with one attached hydrogen (secondary N) is 1. The van der Waals surface area contributed by atoms with Crippen LogP contribution in [0, 0.1) is 13.8 Å². The maximum absolute atomic E-state index is 10.5. The number of methoxy groups -OCH3 is 2. The molecule has 1 aromatic carbocycles. The Bertz CT molecular complexity index is 407. The van der Waals surface area contributed by atoms with Crippen LogP contribution in [0.25, 0.3) is 0 Å². The van der Waals surface area contributed by atoms with E-state index in [1.54, 1.807) is 14.2 Å². The minimum absolute atomic E-state index is 0.0646. The topological polar surface area (TPSA) is 50.7 Å². The SMILES string of the molecule is COCCNC(C)C(O)c1cc(C)cc(C)c1OC. The maximum Gasteiger partial charge on any atom is 0.127 e.